The molecule has 3 heterocycles. The van der Waals surface area contributed by atoms with Gasteiger partial charge in [-0.05, 0) is 26.0 Å². The van der Waals surface area contributed by atoms with Crippen molar-refractivity contribution in [3.8, 4) is 0 Å². The quantitative estimate of drug-likeness (QED) is 0.806. The SMILES string of the molecule is CCn1nc(C)c(Cl)c1CC(N)c1cnn2ccccc12. The lowest BCUT2D eigenvalue weighted by Gasteiger charge is -2.12. The van der Waals surface area contributed by atoms with Crippen LogP contribution in [0.2, 0.25) is 5.02 Å². The summed E-state index contributed by atoms with van der Waals surface area (Å²) in [5, 5.41) is 9.48. The lowest BCUT2D eigenvalue weighted by Crippen LogP contribution is -2.16. The van der Waals surface area contributed by atoms with Crippen molar-refractivity contribution in [3.05, 3.63) is 52.6 Å². The molecule has 5 nitrogen and oxygen atoms in total. The fraction of sp³-hybridized carbons (Fsp3) is 0.333. The van der Waals surface area contributed by atoms with Crippen LogP contribution >= 0.6 is 11.6 Å². The highest BCUT2D eigenvalue weighted by Gasteiger charge is 2.19. The van der Waals surface area contributed by atoms with Gasteiger partial charge in [0.15, 0.2) is 0 Å². The number of aryl methyl sites for hydroxylation is 2. The van der Waals surface area contributed by atoms with Crippen molar-refractivity contribution in [2.75, 3.05) is 0 Å². The van der Waals surface area contributed by atoms with E-state index in [1.807, 2.05) is 53.6 Å². The van der Waals surface area contributed by atoms with Crippen molar-refractivity contribution in [1.29, 1.82) is 0 Å². The first-order chi connectivity index (χ1) is 10.1. The van der Waals surface area contributed by atoms with Gasteiger partial charge in [0.2, 0.25) is 0 Å². The van der Waals surface area contributed by atoms with Gasteiger partial charge in [0, 0.05) is 30.8 Å². The molecule has 1 unspecified atom stereocenters. The minimum atomic E-state index is -0.163. The minimum absolute atomic E-state index is 0.163. The Morgan fingerprint density at radius 3 is 2.95 bits per heavy atom. The van der Waals surface area contributed by atoms with E-state index in [-0.39, 0.29) is 6.04 Å². The Labute approximate surface area is 128 Å². The lowest BCUT2D eigenvalue weighted by atomic mass is 10.0. The van der Waals surface area contributed by atoms with Crippen molar-refractivity contribution in [2.45, 2.75) is 32.9 Å². The van der Waals surface area contributed by atoms with Gasteiger partial charge in [-0.2, -0.15) is 10.2 Å². The molecule has 0 radical (unpaired) electrons. The molecule has 0 saturated heterocycles. The Hall–Kier alpha value is -1.85. The number of hydrogen-bond donors (Lipinski definition) is 1. The number of fused-ring (bicyclic) bond motifs is 1. The van der Waals surface area contributed by atoms with E-state index < -0.39 is 0 Å². The third-order valence-electron chi connectivity index (χ3n) is 3.72. The standard InChI is InChI=1S/C15H18ClN5/c1-3-20-14(15(16)10(2)19-20)8-12(17)11-9-18-21-7-5-4-6-13(11)21/h4-7,9,12H,3,8,17H2,1-2H3. The molecule has 0 saturated carbocycles. The molecule has 0 aliphatic heterocycles. The first kappa shape index (κ1) is 14.1. The van der Waals surface area contributed by atoms with Crippen LogP contribution in [0.1, 0.15) is 29.9 Å². The van der Waals surface area contributed by atoms with Crippen molar-refractivity contribution < 1.29 is 0 Å². The van der Waals surface area contributed by atoms with Crippen molar-refractivity contribution >= 4 is 17.1 Å². The van der Waals surface area contributed by atoms with Gasteiger partial charge in [-0.15, -0.1) is 0 Å². The number of pyridine rings is 1. The van der Waals surface area contributed by atoms with E-state index in [1.54, 1.807) is 0 Å². The third kappa shape index (κ3) is 2.43. The molecular formula is C15H18ClN5. The van der Waals surface area contributed by atoms with Crippen LogP contribution in [0.3, 0.4) is 0 Å². The Bertz CT molecular complexity index is 774. The predicted molar refractivity (Wildman–Crippen MR) is 83.5 cm³/mol. The largest absolute Gasteiger partial charge is 0.324 e. The van der Waals surface area contributed by atoms with Gasteiger partial charge < -0.3 is 5.73 Å². The smallest absolute Gasteiger partial charge is 0.0847 e. The molecule has 0 bridgehead atoms. The van der Waals surface area contributed by atoms with E-state index >= 15 is 0 Å². The summed E-state index contributed by atoms with van der Waals surface area (Å²) in [6.07, 6.45) is 4.39. The average Bonchev–Trinajstić information content (AvgIpc) is 3.03. The zero-order valence-electron chi connectivity index (χ0n) is 12.1. The summed E-state index contributed by atoms with van der Waals surface area (Å²) < 4.78 is 3.75. The molecule has 6 heteroatoms. The molecule has 0 aromatic carbocycles. The number of rotatable bonds is 4. The summed E-state index contributed by atoms with van der Waals surface area (Å²) in [7, 11) is 0. The van der Waals surface area contributed by atoms with Gasteiger partial charge in [-0.3, -0.25) is 4.68 Å². The molecule has 0 fully saturated rings. The maximum absolute atomic E-state index is 6.39. The van der Waals surface area contributed by atoms with Crippen LogP contribution < -0.4 is 5.73 Å². The maximum Gasteiger partial charge on any atom is 0.0847 e. The molecule has 1 atom stereocenters. The van der Waals surface area contributed by atoms with E-state index in [0.717, 1.165) is 29.0 Å². The second kappa shape index (κ2) is 5.50. The molecule has 3 aromatic heterocycles. The zero-order valence-corrected chi connectivity index (χ0v) is 12.9. The third-order valence-corrected chi connectivity index (χ3v) is 4.21. The van der Waals surface area contributed by atoms with Crippen LogP contribution in [-0.4, -0.2) is 19.4 Å². The van der Waals surface area contributed by atoms with Gasteiger partial charge in [-0.25, -0.2) is 4.52 Å². The maximum atomic E-state index is 6.39. The molecule has 0 spiro atoms. The van der Waals surface area contributed by atoms with Gasteiger partial charge in [0.05, 0.1) is 28.1 Å². The van der Waals surface area contributed by atoms with Gasteiger partial charge in [-0.1, -0.05) is 17.7 Å². The Kier molecular flexibility index (Phi) is 3.69. The summed E-state index contributed by atoms with van der Waals surface area (Å²) >= 11 is 6.36. The van der Waals surface area contributed by atoms with Gasteiger partial charge in [0.25, 0.3) is 0 Å². The number of halogens is 1. The van der Waals surface area contributed by atoms with E-state index in [9.17, 15) is 0 Å². The molecule has 21 heavy (non-hydrogen) atoms. The summed E-state index contributed by atoms with van der Waals surface area (Å²) in [6.45, 7) is 4.75. The number of nitrogens with zero attached hydrogens (tertiary/aromatic N) is 4. The summed E-state index contributed by atoms with van der Waals surface area (Å²) in [4.78, 5) is 0. The van der Waals surface area contributed by atoms with E-state index in [0.29, 0.717) is 11.4 Å². The van der Waals surface area contributed by atoms with Crippen molar-refractivity contribution in [2.24, 2.45) is 5.73 Å². The highest BCUT2D eigenvalue weighted by Crippen LogP contribution is 2.26. The lowest BCUT2D eigenvalue weighted by molar-refractivity contribution is 0.588. The first-order valence-electron chi connectivity index (χ1n) is 7.01. The van der Waals surface area contributed by atoms with Crippen molar-refractivity contribution in [3.63, 3.8) is 0 Å². The Morgan fingerprint density at radius 1 is 1.38 bits per heavy atom. The van der Waals surface area contributed by atoms with Crippen LogP contribution in [0.4, 0.5) is 0 Å². The van der Waals surface area contributed by atoms with Gasteiger partial charge >= 0.3 is 0 Å². The molecule has 0 aliphatic carbocycles. The molecular weight excluding hydrogens is 286 g/mol. The molecule has 0 aliphatic rings. The molecule has 0 amide bonds. The predicted octanol–water partition coefficient (Wildman–Crippen LogP) is 2.76. The molecule has 110 valence electrons. The van der Waals surface area contributed by atoms with Crippen LogP contribution in [0.5, 0.6) is 0 Å². The van der Waals surface area contributed by atoms with Gasteiger partial charge in [0.1, 0.15) is 0 Å². The number of aromatic nitrogens is 4. The topological polar surface area (TPSA) is 61.1 Å². The van der Waals surface area contributed by atoms with E-state index in [4.69, 9.17) is 17.3 Å². The van der Waals surface area contributed by atoms with E-state index in [2.05, 4.69) is 10.2 Å². The summed E-state index contributed by atoms with van der Waals surface area (Å²) in [6, 6.07) is 5.79. The number of hydrogen-bond acceptors (Lipinski definition) is 3. The van der Waals surface area contributed by atoms with Crippen molar-refractivity contribution in [1.82, 2.24) is 19.4 Å². The van der Waals surface area contributed by atoms with E-state index in [1.165, 1.54) is 0 Å². The Morgan fingerprint density at radius 2 is 2.19 bits per heavy atom. The second-order valence-electron chi connectivity index (χ2n) is 5.10. The minimum Gasteiger partial charge on any atom is -0.324 e. The zero-order chi connectivity index (χ0) is 15.0. The highest BCUT2D eigenvalue weighted by atomic mass is 35.5. The monoisotopic (exact) mass is 303 g/mol. The van der Waals surface area contributed by atoms with Crippen LogP contribution in [-0.2, 0) is 13.0 Å². The van der Waals surface area contributed by atoms with Crippen LogP contribution in [0.15, 0.2) is 30.6 Å². The fourth-order valence-corrected chi connectivity index (χ4v) is 2.83. The van der Waals surface area contributed by atoms with Crippen LogP contribution in [0.25, 0.3) is 5.52 Å². The fourth-order valence-electron chi connectivity index (χ4n) is 2.62. The molecule has 3 rings (SSSR count). The summed E-state index contributed by atoms with van der Waals surface area (Å²) in [5.41, 5.74) is 10.3. The Balaban J connectivity index is 1.95. The molecule has 3 aromatic rings. The number of nitrogens with two attached hydrogens (primary N) is 1. The normalized spacial score (nSPS) is 13.0. The van der Waals surface area contributed by atoms with Crippen LogP contribution in [0, 0.1) is 6.92 Å². The second-order valence-corrected chi connectivity index (χ2v) is 5.48. The summed E-state index contributed by atoms with van der Waals surface area (Å²) in [5.74, 6) is 0. The average molecular weight is 304 g/mol. The molecule has 2 N–H and O–H groups in total. The highest BCUT2D eigenvalue weighted by molar-refractivity contribution is 6.31. The first-order valence-corrected chi connectivity index (χ1v) is 7.39.